The van der Waals surface area contributed by atoms with Crippen molar-refractivity contribution in [3.8, 4) is 5.75 Å². The van der Waals surface area contributed by atoms with Crippen LogP contribution in [0.1, 0.15) is 15.9 Å². The molecule has 0 aliphatic rings. The molecule has 0 aliphatic heterocycles. The molecule has 1 aromatic carbocycles. The second-order valence-corrected chi connectivity index (χ2v) is 3.48. The Morgan fingerprint density at radius 3 is 2.62 bits per heavy atom. The third-order valence-electron chi connectivity index (χ3n) is 1.98. The Bertz CT molecular complexity index is 414. The number of ether oxygens (including phenoxy) is 1. The zero-order valence-corrected chi connectivity index (χ0v) is 9.45. The Labute approximate surface area is 97.8 Å². The molecule has 0 bridgehead atoms. The van der Waals surface area contributed by atoms with Crippen molar-refractivity contribution in [2.75, 3.05) is 12.5 Å². The number of carboxylic acid groups (broad SMARTS) is 1. The zero-order valence-electron chi connectivity index (χ0n) is 8.70. The predicted octanol–water partition coefficient (Wildman–Crippen LogP) is 1.88. The molecule has 0 saturated heterocycles. The van der Waals surface area contributed by atoms with Gasteiger partial charge in [-0.2, -0.15) is 0 Å². The highest BCUT2D eigenvalue weighted by Crippen LogP contribution is 2.18. The number of hydrogen-bond donors (Lipinski definition) is 1. The van der Waals surface area contributed by atoms with E-state index in [0.29, 0.717) is 16.9 Å². The van der Waals surface area contributed by atoms with E-state index in [2.05, 4.69) is 0 Å². The molecule has 0 aliphatic carbocycles. The molecule has 16 heavy (non-hydrogen) atoms. The third kappa shape index (κ3) is 3.24. The fraction of sp³-hybridized carbons (Fsp3) is 0.273. The molecule has 0 unspecified atom stereocenters. The van der Waals surface area contributed by atoms with E-state index in [4.69, 9.17) is 21.4 Å². The van der Waals surface area contributed by atoms with Crippen molar-refractivity contribution in [3.05, 3.63) is 29.3 Å². The summed E-state index contributed by atoms with van der Waals surface area (Å²) in [6, 6.07) is 4.75. The average molecular weight is 243 g/mol. The fourth-order valence-electron chi connectivity index (χ4n) is 1.26. The number of alkyl halides is 1. The van der Waals surface area contributed by atoms with Crippen molar-refractivity contribution in [1.82, 2.24) is 0 Å². The molecular formula is C11H11ClO4. The first-order chi connectivity index (χ1) is 7.54. The van der Waals surface area contributed by atoms with Gasteiger partial charge in [0.25, 0.3) is 0 Å². The molecule has 4 nitrogen and oxygen atoms in total. The summed E-state index contributed by atoms with van der Waals surface area (Å²) < 4.78 is 4.97. The first-order valence-corrected chi connectivity index (χ1v) is 5.12. The van der Waals surface area contributed by atoms with Crippen LogP contribution in [-0.4, -0.2) is 29.3 Å². The molecule has 0 heterocycles. The van der Waals surface area contributed by atoms with Crippen molar-refractivity contribution in [2.45, 2.75) is 6.92 Å². The number of aryl methyl sites for hydroxylation is 1. The molecule has 0 radical (unpaired) electrons. The van der Waals surface area contributed by atoms with E-state index in [1.54, 1.807) is 25.1 Å². The van der Waals surface area contributed by atoms with Gasteiger partial charge in [0, 0.05) is 5.56 Å². The van der Waals surface area contributed by atoms with Crippen LogP contribution in [0.15, 0.2) is 18.2 Å². The normalized spacial score (nSPS) is 9.88. The molecule has 86 valence electrons. The lowest BCUT2D eigenvalue weighted by molar-refractivity contribution is -0.139. The van der Waals surface area contributed by atoms with E-state index in [1.165, 1.54) is 0 Å². The quantitative estimate of drug-likeness (QED) is 0.633. The van der Waals surface area contributed by atoms with Crippen LogP contribution in [0.25, 0.3) is 0 Å². The summed E-state index contributed by atoms with van der Waals surface area (Å²) in [5.74, 6) is -0.857. The summed E-state index contributed by atoms with van der Waals surface area (Å²) in [5.41, 5.74) is 1.24. The SMILES string of the molecule is Cc1cc(OCC(=O)O)ccc1C(=O)CCl. The van der Waals surface area contributed by atoms with E-state index >= 15 is 0 Å². The topological polar surface area (TPSA) is 63.6 Å². The van der Waals surface area contributed by atoms with Crippen molar-refractivity contribution in [2.24, 2.45) is 0 Å². The van der Waals surface area contributed by atoms with Gasteiger partial charge in [-0.15, -0.1) is 11.6 Å². The molecule has 1 N–H and O–H groups in total. The standard InChI is InChI=1S/C11H11ClO4/c1-7-4-8(16-6-11(14)15)2-3-9(7)10(13)5-12/h2-4H,5-6H2,1H3,(H,14,15). The van der Waals surface area contributed by atoms with Gasteiger partial charge in [-0.1, -0.05) is 0 Å². The Hall–Kier alpha value is -1.55. The minimum atomic E-state index is -1.04. The lowest BCUT2D eigenvalue weighted by Crippen LogP contribution is -2.10. The van der Waals surface area contributed by atoms with Gasteiger partial charge in [0.1, 0.15) is 5.75 Å². The molecule has 5 heteroatoms. The average Bonchev–Trinajstić information content (AvgIpc) is 2.25. The molecule has 0 spiro atoms. The Morgan fingerprint density at radius 1 is 1.44 bits per heavy atom. The van der Waals surface area contributed by atoms with Crippen LogP contribution in [0.3, 0.4) is 0 Å². The first kappa shape index (κ1) is 12.5. The lowest BCUT2D eigenvalue weighted by Gasteiger charge is -2.07. The summed E-state index contributed by atoms with van der Waals surface area (Å²) in [6.45, 7) is 1.34. The maximum atomic E-state index is 11.3. The van der Waals surface area contributed by atoms with Gasteiger partial charge < -0.3 is 9.84 Å². The van der Waals surface area contributed by atoms with E-state index in [1.807, 2.05) is 0 Å². The summed E-state index contributed by atoms with van der Waals surface area (Å²) >= 11 is 5.44. The highest BCUT2D eigenvalue weighted by atomic mass is 35.5. The summed E-state index contributed by atoms with van der Waals surface area (Å²) in [5, 5.41) is 8.43. The number of ketones is 1. The van der Waals surface area contributed by atoms with Gasteiger partial charge in [0.2, 0.25) is 0 Å². The second-order valence-electron chi connectivity index (χ2n) is 3.22. The highest BCUT2D eigenvalue weighted by molar-refractivity contribution is 6.30. The van der Waals surface area contributed by atoms with Gasteiger partial charge in [-0.25, -0.2) is 4.79 Å². The second kappa shape index (κ2) is 5.51. The highest BCUT2D eigenvalue weighted by Gasteiger charge is 2.09. The third-order valence-corrected chi connectivity index (χ3v) is 2.22. The summed E-state index contributed by atoms with van der Waals surface area (Å²) in [4.78, 5) is 21.6. The lowest BCUT2D eigenvalue weighted by atomic mass is 10.1. The van der Waals surface area contributed by atoms with E-state index in [9.17, 15) is 9.59 Å². The predicted molar refractivity (Wildman–Crippen MR) is 59.4 cm³/mol. The van der Waals surface area contributed by atoms with Crippen LogP contribution in [0.4, 0.5) is 0 Å². The van der Waals surface area contributed by atoms with Crippen molar-refractivity contribution in [3.63, 3.8) is 0 Å². The Kier molecular flexibility index (Phi) is 4.31. The minimum Gasteiger partial charge on any atom is -0.482 e. The fourth-order valence-corrected chi connectivity index (χ4v) is 1.40. The molecule has 0 atom stereocenters. The van der Waals surface area contributed by atoms with Gasteiger partial charge in [0.05, 0.1) is 5.88 Å². The van der Waals surface area contributed by atoms with Crippen LogP contribution >= 0.6 is 11.6 Å². The van der Waals surface area contributed by atoms with Crippen LogP contribution in [0.2, 0.25) is 0 Å². The van der Waals surface area contributed by atoms with Gasteiger partial charge in [-0.3, -0.25) is 4.79 Å². The van der Waals surface area contributed by atoms with Crippen LogP contribution in [-0.2, 0) is 4.79 Å². The first-order valence-electron chi connectivity index (χ1n) is 4.59. The van der Waals surface area contributed by atoms with Gasteiger partial charge >= 0.3 is 5.97 Å². The van der Waals surface area contributed by atoms with Gasteiger partial charge in [0.15, 0.2) is 12.4 Å². The smallest absolute Gasteiger partial charge is 0.341 e. The van der Waals surface area contributed by atoms with Crippen LogP contribution in [0.5, 0.6) is 5.75 Å². The number of aliphatic carboxylic acids is 1. The number of hydrogen-bond acceptors (Lipinski definition) is 3. The maximum absolute atomic E-state index is 11.3. The Balaban J connectivity index is 2.82. The number of Topliss-reactive ketones (excluding diaryl/α,β-unsaturated/α-hetero) is 1. The number of rotatable bonds is 5. The molecule has 0 aromatic heterocycles. The van der Waals surface area contributed by atoms with Gasteiger partial charge in [-0.05, 0) is 30.7 Å². The minimum absolute atomic E-state index is 0.0732. The summed E-state index contributed by atoms with van der Waals surface area (Å²) in [7, 11) is 0. The summed E-state index contributed by atoms with van der Waals surface area (Å²) in [6.07, 6.45) is 0. The van der Waals surface area contributed by atoms with E-state index in [0.717, 1.165) is 0 Å². The van der Waals surface area contributed by atoms with E-state index in [-0.39, 0.29) is 11.7 Å². The maximum Gasteiger partial charge on any atom is 0.341 e. The number of carboxylic acids is 1. The van der Waals surface area contributed by atoms with Crippen molar-refractivity contribution >= 4 is 23.4 Å². The molecular weight excluding hydrogens is 232 g/mol. The van der Waals surface area contributed by atoms with Crippen molar-refractivity contribution < 1.29 is 19.4 Å². The number of carbonyl (C=O) groups is 2. The van der Waals surface area contributed by atoms with E-state index < -0.39 is 12.6 Å². The van der Waals surface area contributed by atoms with Crippen LogP contribution in [0, 0.1) is 6.92 Å². The van der Waals surface area contributed by atoms with Crippen LogP contribution < -0.4 is 4.74 Å². The Morgan fingerprint density at radius 2 is 2.12 bits per heavy atom. The molecule has 0 saturated carbocycles. The zero-order chi connectivity index (χ0) is 12.1. The van der Waals surface area contributed by atoms with Crippen molar-refractivity contribution in [1.29, 1.82) is 0 Å². The molecule has 0 amide bonds. The number of halogens is 1. The molecule has 0 fully saturated rings. The molecule has 1 aromatic rings. The monoisotopic (exact) mass is 242 g/mol. The largest absolute Gasteiger partial charge is 0.482 e. The number of carbonyl (C=O) groups excluding carboxylic acids is 1. The molecule has 1 rings (SSSR count). The number of benzene rings is 1.